The fourth-order valence-electron chi connectivity index (χ4n) is 4.63. The lowest BCUT2D eigenvalue weighted by Crippen LogP contribution is -2.29. The Bertz CT molecular complexity index is 1640. The molecule has 0 saturated heterocycles. The summed E-state index contributed by atoms with van der Waals surface area (Å²) >= 11 is 7.54. The van der Waals surface area contributed by atoms with Gasteiger partial charge < -0.3 is 29.5 Å². The van der Waals surface area contributed by atoms with Gasteiger partial charge in [-0.25, -0.2) is 14.8 Å². The minimum absolute atomic E-state index is 0.254. The highest BCUT2D eigenvalue weighted by Gasteiger charge is 2.29. The van der Waals surface area contributed by atoms with Crippen molar-refractivity contribution in [3.8, 4) is 11.3 Å². The molecule has 0 saturated carbocycles. The first-order chi connectivity index (χ1) is 17.4. The van der Waals surface area contributed by atoms with E-state index >= 15 is 0 Å². The van der Waals surface area contributed by atoms with Crippen molar-refractivity contribution in [2.75, 3.05) is 13.2 Å². The minimum atomic E-state index is -0.772. The number of furan rings is 1. The summed E-state index contributed by atoms with van der Waals surface area (Å²) in [5.41, 5.74) is 5.50. The molecule has 184 valence electrons. The molecule has 1 unspecified atom stereocenters. The Kier molecular flexibility index (Phi) is 5.76. The Morgan fingerprint density at radius 1 is 1.31 bits per heavy atom. The molecule has 0 fully saturated rings. The lowest BCUT2D eigenvalue weighted by molar-refractivity contribution is 0.0522. The summed E-state index contributed by atoms with van der Waals surface area (Å²) in [4.78, 5) is 28.2. The van der Waals surface area contributed by atoms with Crippen molar-refractivity contribution in [3.05, 3.63) is 58.0 Å². The van der Waals surface area contributed by atoms with Gasteiger partial charge in [0.1, 0.15) is 11.3 Å². The van der Waals surface area contributed by atoms with Crippen LogP contribution in [0, 0.1) is 6.92 Å². The quantitative estimate of drug-likeness (QED) is 0.233. The van der Waals surface area contributed by atoms with Gasteiger partial charge in [-0.3, -0.25) is 0 Å². The molecule has 0 radical (unpaired) electrons. The van der Waals surface area contributed by atoms with Crippen molar-refractivity contribution in [1.29, 1.82) is 0 Å². The summed E-state index contributed by atoms with van der Waals surface area (Å²) in [6, 6.07) is 7.44. The van der Waals surface area contributed by atoms with Crippen LogP contribution in [-0.4, -0.2) is 44.2 Å². The standard InChI is InChI=1S/C25H22ClN5O4S/c1-3-34-24(33)23-22-13(8-28-23)19(20-15(29-22)9-27-10-16(20)32)17-4-5-18(35-17)36-25-30-14-7-12(26)6-11(2)21(14)31-25/h4-8,16,27-28,32H,3,9-10H2,1-2H3,(H,30,31). The molecule has 0 amide bonds. The second-order valence-electron chi connectivity index (χ2n) is 8.52. The monoisotopic (exact) mass is 523 g/mol. The largest absolute Gasteiger partial charge is 0.461 e. The number of benzene rings is 1. The summed E-state index contributed by atoms with van der Waals surface area (Å²) < 4.78 is 11.4. The number of ether oxygens (including phenoxy) is 1. The molecule has 9 nitrogen and oxygen atoms in total. The number of halogens is 1. The molecule has 1 aliphatic rings. The number of hydrogen-bond donors (Lipinski definition) is 4. The van der Waals surface area contributed by atoms with Crippen LogP contribution in [0.3, 0.4) is 0 Å². The summed E-state index contributed by atoms with van der Waals surface area (Å²) in [6.45, 7) is 4.83. The third kappa shape index (κ3) is 3.86. The van der Waals surface area contributed by atoms with Gasteiger partial charge in [-0.15, -0.1) is 0 Å². The fraction of sp³-hybridized carbons (Fsp3) is 0.240. The number of carbonyl (C=O) groups is 1. The molecule has 0 spiro atoms. The number of pyridine rings is 1. The van der Waals surface area contributed by atoms with Gasteiger partial charge >= 0.3 is 5.97 Å². The maximum Gasteiger partial charge on any atom is 0.357 e. The van der Waals surface area contributed by atoms with Crippen LogP contribution in [-0.2, 0) is 11.3 Å². The summed E-state index contributed by atoms with van der Waals surface area (Å²) in [7, 11) is 0. The summed E-state index contributed by atoms with van der Waals surface area (Å²) in [5, 5.41) is 16.6. The van der Waals surface area contributed by atoms with Crippen LogP contribution in [0.15, 0.2) is 45.1 Å². The smallest absolute Gasteiger partial charge is 0.357 e. The lowest BCUT2D eigenvalue weighted by Gasteiger charge is -2.24. The summed E-state index contributed by atoms with van der Waals surface area (Å²) in [6.07, 6.45) is 0.936. The molecule has 0 aliphatic carbocycles. The molecule has 4 aromatic heterocycles. The van der Waals surface area contributed by atoms with E-state index in [0.29, 0.717) is 61.8 Å². The van der Waals surface area contributed by atoms with E-state index in [2.05, 4.69) is 20.3 Å². The number of aryl methyl sites for hydroxylation is 1. The highest BCUT2D eigenvalue weighted by Crippen LogP contribution is 2.41. The zero-order valence-electron chi connectivity index (χ0n) is 19.4. The number of imidazole rings is 1. The van der Waals surface area contributed by atoms with E-state index in [1.54, 1.807) is 13.1 Å². The van der Waals surface area contributed by atoms with Gasteiger partial charge in [0.05, 0.1) is 29.4 Å². The molecule has 1 aliphatic heterocycles. The normalized spacial score (nSPS) is 15.5. The topological polar surface area (TPSA) is 129 Å². The highest BCUT2D eigenvalue weighted by atomic mass is 35.5. The average Bonchev–Trinajstić information content (AvgIpc) is 3.56. The van der Waals surface area contributed by atoms with Crippen LogP contribution in [0.1, 0.15) is 40.3 Å². The molecular weight excluding hydrogens is 502 g/mol. The molecule has 36 heavy (non-hydrogen) atoms. The van der Waals surface area contributed by atoms with Crippen molar-refractivity contribution < 1.29 is 19.1 Å². The van der Waals surface area contributed by atoms with Gasteiger partial charge in [0.25, 0.3) is 0 Å². The number of aromatic nitrogens is 4. The predicted molar refractivity (Wildman–Crippen MR) is 136 cm³/mol. The van der Waals surface area contributed by atoms with Gasteiger partial charge in [0, 0.05) is 40.8 Å². The molecule has 1 atom stereocenters. The molecular formula is C25H22ClN5O4S. The first kappa shape index (κ1) is 23.1. The minimum Gasteiger partial charge on any atom is -0.461 e. The van der Waals surface area contributed by atoms with E-state index in [0.717, 1.165) is 16.6 Å². The Balaban J connectivity index is 1.44. The molecule has 4 N–H and O–H groups in total. The van der Waals surface area contributed by atoms with Crippen LogP contribution in [0.4, 0.5) is 0 Å². The zero-order valence-corrected chi connectivity index (χ0v) is 21.0. The van der Waals surface area contributed by atoms with Gasteiger partial charge in [0.2, 0.25) is 0 Å². The number of nitrogens with one attached hydrogen (secondary N) is 3. The molecule has 0 bridgehead atoms. The fourth-order valence-corrected chi connectivity index (χ4v) is 5.66. The molecule has 5 aromatic rings. The Labute approximate surface area is 214 Å². The predicted octanol–water partition coefficient (Wildman–Crippen LogP) is 5.13. The second-order valence-corrected chi connectivity index (χ2v) is 9.95. The number of fused-ring (bicyclic) bond motifs is 3. The van der Waals surface area contributed by atoms with Crippen molar-refractivity contribution in [2.24, 2.45) is 0 Å². The maximum absolute atomic E-state index is 12.5. The molecule has 1 aromatic carbocycles. The van der Waals surface area contributed by atoms with Gasteiger partial charge in [-0.05, 0) is 55.4 Å². The lowest BCUT2D eigenvalue weighted by atomic mass is 9.93. The maximum atomic E-state index is 12.5. The van der Waals surface area contributed by atoms with Gasteiger partial charge in [-0.2, -0.15) is 0 Å². The Morgan fingerprint density at radius 3 is 3.00 bits per heavy atom. The first-order valence-electron chi connectivity index (χ1n) is 11.5. The molecule has 6 rings (SSSR count). The van der Waals surface area contributed by atoms with Crippen LogP contribution in [0.5, 0.6) is 0 Å². The third-order valence-corrected chi connectivity index (χ3v) is 7.16. The third-order valence-electron chi connectivity index (χ3n) is 6.14. The molecule has 11 heteroatoms. The van der Waals surface area contributed by atoms with Crippen LogP contribution < -0.4 is 5.32 Å². The van der Waals surface area contributed by atoms with Crippen molar-refractivity contribution in [2.45, 2.75) is 36.7 Å². The number of hydrogen-bond acceptors (Lipinski definition) is 8. The van der Waals surface area contributed by atoms with Crippen LogP contribution in [0.25, 0.3) is 33.3 Å². The summed E-state index contributed by atoms with van der Waals surface area (Å²) in [5.74, 6) is 0.0815. The van der Waals surface area contributed by atoms with Crippen LogP contribution in [0.2, 0.25) is 5.02 Å². The number of aliphatic hydroxyl groups is 1. The van der Waals surface area contributed by atoms with E-state index in [1.807, 2.05) is 31.2 Å². The van der Waals surface area contributed by atoms with Crippen molar-refractivity contribution in [1.82, 2.24) is 25.3 Å². The highest BCUT2D eigenvalue weighted by molar-refractivity contribution is 7.99. The Hall–Kier alpha value is -3.31. The zero-order chi connectivity index (χ0) is 25.0. The molecule has 5 heterocycles. The van der Waals surface area contributed by atoms with Gasteiger partial charge in [0.15, 0.2) is 15.9 Å². The number of rotatable bonds is 5. The van der Waals surface area contributed by atoms with E-state index < -0.39 is 12.1 Å². The number of nitrogens with zero attached hydrogens (tertiary/aromatic N) is 2. The van der Waals surface area contributed by atoms with Crippen LogP contribution >= 0.6 is 23.4 Å². The van der Waals surface area contributed by atoms with E-state index in [9.17, 15) is 9.90 Å². The SMILES string of the molecule is CCOC(=O)c1[nH]cc2c(-c3ccc(Sc4nc5c(C)cc(Cl)cc5[nH]4)o3)c3c(nc12)CNCC3O. The first-order valence-corrected chi connectivity index (χ1v) is 12.7. The van der Waals surface area contributed by atoms with Crippen molar-refractivity contribution in [3.63, 3.8) is 0 Å². The second kappa shape index (κ2) is 8.97. The number of β-amino-alcohol motifs (C(OH)–C–C–N with tert-alkyl or cyclic N) is 1. The Morgan fingerprint density at radius 2 is 2.17 bits per heavy atom. The van der Waals surface area contributed by atoms with E-state index in [-0.39, 0.29) is 12.3 Å². The van der Waals surface area contributed by atoms with Crippen molar-refractivity contribution >= 4 is 51.3 Å². The number of aliphatic hydroxyl groups excluding tert-OH is 1. The number of H-pyrrole nitrogens is 2. The van der Waals surface area contributed by atoms with Gasteiger partial charge in [-0.1, -0.05) is 11.6 Å². The number of aromatic amines is 2. The average molecular weight is 524 g/mol. The van der Waals surface area contributed by atoms with E-state index in [1.165, 1.54) is 11.8 Å². The van der Waals surface area contributed by atoms with E-state index in [4.69, 9.17) is 25.7 Å². The number of esters is 1. The number of carbonyl (C=O) groups excluding carboxylic acids is 1.